The zero-order valence-electron chi connectivity index (χ0n) is 8.33. The lowest BCUT2D eigenvalue weighted by Gasteiger charge is -2.26. The molecule has 92 valence electrons. The van der Waals surface area contributed by atoms with E-state index in [1.54, 1.807) is 0 Å². The molecule has 1 aliphatic rings. The van der Waals surface area contributed by atoms with Crippen molar-refractivity contribution in [1.29, 1.82) is 0 Å². The van der Waals surface area contributed by atoms with Crippen LogP contribution < -0.4 is 0 Å². The molecule has 0 bridgehead atoms. The first-order valence-electron chi connectivity index (χ1n) is 4.62. The molecular weight excluding hydrogens is 352 g/mol. The van der Waals surface area contributed by atoms with Crippen LogP contribution in [0.4, 0.5) is 0 Å². The highest BCUT2D eigenvalue weighted by atomic mass is 79.9. The van der Waals surface area contributed by atoms with Gasteiger partial charge in [-0.1, -0.05) is 68.0 Å². The third kappa shape index (κ3) is 2.71. The summed E-state index contributed by atoms with van der Waals surface area (Å²) < 4.78 is -1.01. The average Bonchev–Trinajstić information content (AvgIpc) is 2.63. The molecule has 1 heterocycles. The molecule has 3 nitrogen and oxygen atoms in total. The largest absolute Gasteiger partial charge is 0.355 e. The summed E-state index contributed by atoms with van der Waals surface area (Å²) >= 11 is 20.2. The molecule has 1 unspecified atom stereocenters. The summed E-state index contributed by atoms with van der Waals surface area (Å²) in [4.78, 5) is 4.84. The first-order chi connectivity index (χ1) is 7.82. The summed E-state index contributed by atoms with van der Waals surface area (Å²) in [6.07, 6.45) is 0.0190. The summed E-state index contributed by atoms with van der Waals surface area (Å²) in [6, 6.07) is 7.36. The number of nitrogens with zero attached hydrogens (tertiary/aromatic N) is 1. The second kappa shape index (κ2) is 4.59. The zero-order valence-corrected chi connectivity index (χ0v) is 12.2. The van der Waals surface area contributed by atoms with Gasteiger partial charge >= 0.3 is 0 Å². The maximum Gasteiger partial charge on any atom is 0.287 e. The van der Waals surface area contributed by atoms with E-state index in [0.29, 0.717) is 5.71 Å². The Labute approximate surface area is 121 Å². The van der Waals surface area contributed by atoms with Crippen LogP contribution in [0.2, 0.25) is 0 Å². The van der Waals surface area contributed by atoms with Gasteiger partial charge in [-0.25, -0.2) is 0 Å². The maximum atomic E-state index is 9.97. The summed E-state index contributed by atoms with van der Waals surface area (Å²) in [7, 11) is 0. The molecule has 2 rings (SSSR count). The second-order valence-corrected chi connectivity index (χ2v) is 6.79. The average molecular weight is 359 g/mol. The van der Waals surface area contributed by atoms with E-state index in [1.165, 1.54) is 0 Å². The predicted octanol–water partition coefficient (Wildman–Crippen LogP) is 3.63. The molecule has 0 saturated heterocycles. The number of oxime groups is 1. The quantitative estimate of drug-likeness (QED) is 0.778. The lowest BCUT2D eigenvalue weighted by Crippen LogP contribution is -2.42. The van der Waals surface area contributed by atoms with Gasteiger partial charge in [0, 0.05) is 4.47 Å². The third-order valence-electron chi connectivity index (χ3n) is 2.33. The highest BCUT2D eigenvalue weighted by molar-refractivity contribution is 9.10. The second-order valence-electron chi connectivity index (χ2n) is 3.60. The van der Waals surface area contributed by atoms with Gasteiger partial charge in [0.15, 0.2) is 0 Å². The topological polar surface area (TPSA) is 41.8 Å². The zero-order chi connectivity index (χ0) is 12.7. The van der Waals surface area contributed by atoms with E-state index in [9.17, 15) is 5.11 Å². The van der Waals surface area contributed by atoms with E-state index in [1.807, 2.05) is 24.3 Å². The van der Waals surface area contributed by atoms with Crippen molar-refractivity contribution in [2.45, 2.75) is 16.0 Å². The van der Waals surface area contributed by atoms with Crippen molar-refractivity contribution in [3.8, 4) is 0 Å². The summed E-state index contributed by atoms with van der Waals surface area (Å²) in [5, 5.41) is 13.7. The van der Waals surface area contributed by atoms with Crippen molar-refractivity contribution in [2.24, 2.45) is 5.16 Å². The van der Waals surface area contributed by atoms with Gasteiger partial charge in [-0.3, -0.25) is 0 Å². The standard InChI is InChI=1S/C10H7BrCl3NO2/c11-7-3-1-6(2-4-7)8-5-9(16,17-15-8)10(12,13)14/h1-4,16H,5H2. The first kappa shape index (κ1) is 13.4. The minimum atomic E-state index is -1.95. The molecule has 0 amide bonds. The van der Waals surface area contributed by atoms with Crippen molar-refractivity contribution in [1.82, 2.24) is 0 Å². The van der Waals surface area contributed by atoms with Gasteiger partial charge in [-0.15, -0.1) is 0 Å². The van der Waals surface area contributed by atoms with E-state index < -0.39 is 9.58 Å². The van der Waals surface area contributed by atoms with E-state index in [0.717, 1.165) is 10.0 Å². The van der Waals surface area contributed by atoms with Gasteiger partial charge in [-0.2, -0.15) is 0 Å². The molecule has 0 aromatic heterocycles. The Morgan fingerprint density at radius 2 is 1.88 bits per heavy atom. The molecule has 1 atom stereocenters. The highest BCUT2D eigenvalue weighted by Crippen LogP contribution is 2.44. The van der Waals surface area contributed by atoms with Crippen molar-refractivity contribution in [3.63, 3.8) is 0 Å². The lowest BCUT2D eigenvalue weighted by atomic mass is 10.0. The van der Waals surface area contributed by atoms with Crippen LogP contribution in [0.15, 0.2) is 33.9 Å². The van der Waals surface area contributed by atoms with Gasteiger partial charge in [0.2, 0.25) is 0 Å². The van der Waals surface area contributed by atoms with Crippen LogP contribution >= 0.6 is 50.7 Å². The van der Waals surface area contributed by atoms with Crippen molar-refractivity contribution < 1.29 is 9.94 Å². The minimum absolute atomic E-state index is 0.0190. The Kier molecular flexibility index (Phi) is 3.63. The molecule has 0 spiro atoms. The Bertz CT molecular complexity index is 458. The number of hydrogen-bond donors (Lipinski definition) is 1. The lowest BCUT2D eigenvalue weighted by molar-refractivity contribution is -0.181. The monoisotopic (exact) mass is 357 g/mol. The fraction of sp³-hybridized carbons (Fsp3) is 0.300. The summed E-state index contributed by atoms with van der Waals surface area (Å²) in [5.41, 5.74) is 1.34. The SMILES string of the molecule is OC1(C(Cl)(Cl)Cl)CC(c2ccc(Br)cc2)=NO1. The van der Waals surface area contributed by atoms with Crippen LogP contribution in [0.25, 0.3) is 0 Å². The molecule has 0 aliphatic carbocycles. The smallest absolute Gasteiger partial charge is 0.287 e. The molecule has 0 radical (unpaired) electrons. The Hall–Kier alpha value is -0.000000000000000222. The summed E-state index contributed by atoms with van der Waals surface area (Å²) in [5.74, 6) is -1.92. The van der Waals surface area contributed by atoms with E-state index in [-0.39, 0.29) is 6.42 Å². The van der Waals surface area contributed by atoms with Gasteiger partial charge in [0.1, 0.15) is 0 Å². The fourth-order valence-electron chi connectivity index (χ4n) is 1.37. The van der Waals surface area contributed by atoms with Gasteiger partial charge in [-0.05, 0) is 17.7 Å². The first-order valence-corrected chi connectivity index (χ1v) is 6.55. The molecule has 1 aliphatic heterocycles. The van der Waals surface area contributed by atoms with Gasteiger partial charge in [0.25, 0.3) is 9.58 Å². The van der Waals surface area contributed by atoms with Crippen LogP contribution in [0, 0.1) is 0 Å². The Balaban J connectivity index is 2.20. The number of alkyl halides is 3. The van der Waals surface area contributed by atoms with Crippen LogP contribution in [-0.2, 0) is 4.84 Å². The maximum absolute atomic E-state index is 9.97. The number of aliphatic hydroxyl groups is 1. The fourth-order valence-corrected chi connectivity index (χ4v) is 1.94. The third-order valence-corrected chi connectivity index (χ3v) is 3.75. The molecule has 17 heavy (non-hydrogen) atoms. The van der Waals surface area contributed by atoms with Crippen LogP contribution in [-0.4, -0.2) is 20.4 Å². The number of halogens is 4. The molecule has 7 heteroatoms. The number of rotatable bonds is 1. The summed E-state index contributed by atoms with van der Waals surface area (Å²) in [6.45, 7) is 0. The van der Waals surface area contributed by atoms with Crippen LogP contribution in [0.3, 0.4) is 0 Å². The van der Waals surface area contributed by atoms with Gasteiger partial charge in [0.05, 0.1) is 12.1 Å². The van der Waals surface area contributed by atoms with Crippen LogP contribution in [0.1, 0.15) is 12.0 Å². The molecular formula is C10H7BrCl3NO2. The normalized spacial score (nSPS) is 24.4. The highest BCUT2D eigenvalue weighted by Gasteiger charge is 2.54. The Morgan fingerprint density at radius 3 is 2.35 bits per heavy atom. The molecule has 1 N–H and O–H groups in total. The van der Waals surface area contributed by atoms with Crippen molar-refractivity contribution in [3.05, 3.63) is 34.3 Å². The molecule has 0 fully saturated rings. The van der Waals surface area contributed by atoms with Crippen molar-refractivity contribution >= 4 is 56.4 Å². The van der Waals surface area contributed by atoms with E-state index >= 15 is 0 Å². The minimum Gasteiger partial charge on any atom is -0.355 e. The van der Waals surface area contributed by atoms with Gasteiger partial charge < -0.3 is 9.94 Å². The predicted molar refractivity (Wildman–Crippen MR) is 71.6 cm³/mol. The van der Waals surface area contributed by atoms with E-state index in [4.69, 9.17) is 39.6 Å². The van der Waals surface area contributed by atoms with Crippen LogP contribution in [0.5, 0.6) is 0 Å². The van der Waals surface area contributed by atoms with Crippen molar-refractivity contribution in [2.75, 3.05) is 0 Å². The molecule has 1 aromatic carbocycles. The van der Waals surface area contributed by atoms with E-state index in [2.05, 4.69) is 21.1 Å². The number of hydrogen-bond acceptors (Lipinski definition) is 3. The molecule has 1 aromatic rings. The number of benzene rings is 1. The Morgan fingerprint density at radius 1 is 1.29 bits per heavy atom. The molecule has 0 saturated carbocycles.